The van der Waals surface area contributed by atoms with Gasteiger partial charge in [0, 0.05) is 25.2 Å². The van der Waals surface area contributed by atoms with Crippen LogP contribution in [0, 0.1) is 0 Å². The van der Waals surface area contributed by atoms with Crippen LogP contribution in [0.3, 0.4) is 0 Å². The number of amides is 2. The zero-order chi connectivity index (χ0) is 24.5. The van der Waals surface area contributed by atoms with Crippen molar-refractivity contribution in [1.82, 2.24) is 14.5 Å². The number of carbonyl (C=O) groups is 3. The highest BCUT2D eigenvalue weighted by Gasteiger charge is 2.47. The number of unbranched alkanes of at least 4 members (excludes halogenated alkanes) is 1. The van der Waals surface area contributed by atoms with E-state index >= 15 is 0 Å². The molecule has 9 nitrogen and oxygen atoms in total. The maximum absolute atomic E-state index is 13.1. The molecule has 4 rings (SSSR count). The molecule has 0 atom stereocenters. The van der Waals surface area contributed by atoms with Gasteiger partial charge in [-0.15, -0.1) is 0 Å². The summed E-state index contributed by atoms with van der Waals surface area (Å²) in [5.41, 5.74) is 7.54. The summed E-state index contributed by atoms with van der Waals surface area (Å²) in [7, 11) is 3.41. The van der Waals surface area contributed by atoms with Gasteiger partial charge in [0.25, 0.3) is 11.8 Å². The number of carbonyl (C=O) groups excluding carboxylic acids is 2. The summed E-state index contributed by atoms with van der Waals surface area (Å²) < 4.78 is 2.01. The normalized spacial score (nSPS) is 14.1. The van der Waals surface area contributed by atoms with E-state index in [0.29, 0.717) is 29.1 Å². The minimum absolute atomic E-state index is 0.0282. The number of hydrogen-bond acceptors (Lipinski definition) is 5. The number of nitrogens with two attached hydrogens (primary N) is 1. The predicted octanol–water partition coefficient (Wildman–Crippen LogP) is 3.31. The highest BCUT2D eigenvalue weighted by molar-refractivity contribution is 6.08. The Labute approximate surface area is 197 Å². The Morgan fingerprint density at radius 3 is 2.47 bits per heavy atom. The number of anilines is 1. The number of imidazole rings is 1. The summed E-state index contributed by atoms with van der Waals surface area (Å²) >= 11 is 0. The van der Waals surface area contributed by atoms with E-state index in [9.17, 15) is 19.5 Å². The molecule has 1 fully saturated rings. The third kappa shape index (κ3) is 4.38. The number of fused-ring (bicyclic) bond motifs is 1. The number of hydrogen-bond donors (Lipinski definition) is 3. The first-order chi connectivity index (χ1) is 16.3. The van der Waals surface area contributed by atoms with Gasteiger partial charge >= 0.3 is 5.97 Å². The van der Waals surface area contributed by atoms with Gasteiger partial charge in [-0.3, -0.25) is 14.9 Å². The molecule has 4 N–H and O–H groups in total. The van der Waals surface area contributed by atoms with Gasteiger partial charge in [0.2, 0.25) is 5.95 Å². The minimum atomic E-state index is -1.11. The highest BCUT2D eigenvalue weighted by Crippen LogP contribution is 2.51. The van der Waals surface area contributed by atoms with Gasteiger partial charge in [0.05, 0.1) is 22.2 Å². The maximum Gasteiger partial charge on any atom is 0.335 e. The SMILES string of the molecule is CN(C)C(=O)c1cccc2nc(NC(=O)c3cccc(C(=O)O)c3)n(C3(CCCCN)CC3)c12. The Bertz CT molecular complexity index is 1260. The maximum atomic E-state index is 13.1. The summed E-state index contributed by atoms with van der Waals surface area (Å²) in [6.07, 6.45) is 4.49. The molecule has 0 unspecified atom stereocenters. The van der Waals surface area contributed by atoms with Crippen molar-refractivity contribution in [2.45, 2.75) is 37.6 Å². The molecule has 0 aliphatic heterocycles. The number of aromatic carboxylic acids is 1. The van der Waals surface area contributed by atoms with Crippen LogP contribution < -0.4 is 11.1 Å². The Balaban J connectivity index is 1.81. The summed E-state index contributed by atoms with van der Waals surface area (Å²) in [6.45, 7) is 0.606. The van der Waals surface area contributed by atoms with E-state index in [4.69, 9.17) is 10.7 Å². The molecule has 0 saturated heterocycles. The number of rotatable bonds is 9. The third-order valence-electron chi connectivity index (χ3n) is 6.31. The second-order valence-electron chi connectivity index (χ2n) is 8.95. The molecule has 2 aromatic carbocycles. The van der Waals surface area contributed by atoms with Crippen molar-refractivity contribution in [3.05, 3.63) is 59.2 Å². The Hall–Kier alpha value is -3.72. The van der Waals surface area contributed by atoms with Crippen LogP contribution in [0.5, 0.6) is 0 Å². The zero-order valence-electron chi connectivity index (χ0n) is 19.4. The molecule has 0 bridgehead atoms. The van der Waals surface area contributed by atoms with E-state index in [2.05, 4.69) is 5.32 Å². The quantitative estimate of drug-likeness (QED) is 0.417. The lowest BCUT2D eigenvalue weighted by atomic mass is 10.1. The van der Waals surface area contributed by atoms with Gasteiger partial charge in [-0.05, 0) is 69.0 Å². The first-order valence-electron chi connectivity index (χ1n) is 11.4. The molecule has 9 heteroatoms. The summed E-state index contributed by atoms with van der Waals surface area (Å²) in [4.78, 5) is 43.7. The van der Waals surface area contributed by atoms with Crippen molar-refractivity contribution >= 4 is 34.8 Å². The Morgan fingerprint density at radius 1 is 1.12 bits per heavy atom. The van der Waals surface area contributed by atoms with Gasteiger partial charge in [-0.2, -0.15) is 0 Å². The molecule has 1 aliphatic carbocycles. The lowest BCUT2D eigenvalue weighted by Crippen LogP contribution is -2.26. The number of nitrogens with zero attached hydrogens (tertiary/aromatic N) is 3. The van der Waals surface area contributed by atoms with Crippen LogP contribution in [0.1, 0.15) is 63.2 Å². The molecule has 2 amide bonds. The molecule has 1 aromatic heterocycles. The van der Waals surface area contributed by atoms with Crippen LogP contribution in [-0.2, 0) is 5.54 Å². The lowest BCUT2D eigenvalue weighted by molar-refractivity contribution is 0.0696. The van der Waals surface area contributed by atoms with Gasteiger partial charge in [0.1, 0.15) is 0 Å². The first-order valence-corrected chi connectivity index (χ1v) is 11.4. The molecule has 1 aliphatic rings. The fourth-order valence-corrected chi connectivity index (χ4v) is 4.38. The fraction of sp³-hybridized carbons (Fsp3) is 0.360. The minimum Gasteiger partial charge on any atom is -0.478 e. The van der Waals surface area contributed by atoms with E-state index in [1.807, 2.05) is 10.6 Å². The number of carboxylic acids is 1. The van der Waals surface area contributed by atoms with Gasteiger partial charge in [0.15, 0.2) is 0 Å². The molecule has 1 saturated carbocycles. The van der Waals surface area contributed by atoms with E-state index in [-0.39, 0.29) is 22.6 Å². The van der Waals surface area contributed by atoms with E-state index < -0.39 is 11.9 Å². The molecule has 0 radical (unpaired) electrons. The number of benzene rings is 2. The smallest absolute Gasteiger partial charge is 0.335 e. The average molecular weight is 464 g/mol. The second-order valence-corrected chi connectivity index (χ2v) is 8.95. The van der Waals surface area contributed by atoms with Crippen molar-refractivity contribution in [3.63, 3.8) is 0 Å². The van der Waals surface area contributed by atoms with Crippen LogP contribution in [0.4, 0.5) is 5.95 Å². The molecule has 0 spiro atoms. The highest BCUT2D eigenvalue weighted by atomic mass is 16.4. The Kier molecular flexibility index (Phi) is 6.39. The fourth-order valence-electron chi connectivity index (χ4n) is 4.38. The largest absolute Gasteiger partial charge is 0.478 e. The number of para-hydroxylation sites is 1. The predicted molar refractivity (Wildman–Crippen MR) is 129 cm³/mol. The molecular formula is C25H29N5O4. The van der Waals surface area contributed by atoms with E-state index in [1.165, 1.54) is 23.1 Å². The van der Waals surface area contributed by atoms with Gasteiger partial charge in [-0.1, -0.05) is 12.1 Å². The second kappa shape index (κ2) is 9.26. The number of nitrogens with one attached hydrogen (secondary N) is 1. The van der Waals surface area contributed by atoms with Crippen LogP contribution in [0.2, 0.25) is 0 Å². The van der Waals surface area contributed by atoms with Crippen LogP contribution in [-0.4, -0.2) is 58.0 Å². The zero-order valence-corrected chi connectivity index (χ0v) is 19.4. The first kappa shape index (κ1) is 23.4. The van der Waals surface area contributed by atoms with Crippen LogP contribution in [0.15, 0.2) is 42.5 Å². The summed E-state index contributed by atoms with van der Waals surface area (Å²) in [5.74, 6) is -1.36. The molecule has 3 aromatic rings. The summed E-state index contributed by atoms with van der Waals surface area (Å²) in [6, 6.07) is 11.3. The van der Waals surface area contributed by atoms with Crippen molar-refractivity contribution in [2.24, 2.45) is 5.73 Å². The summed E-state index contributed by atoms with van der Waals surface area (Å²) in [5, 5.41) is 12.2. The van der Waals surface area contributed by atoms with E-state index in [0.717, 1.165) is 32.1 Å². The van der Waals surface area contributed by atoms with Gasteiger partial charge < -0.3 is 20.3 Å². The average Bonchev–Trinajstić information content (AvgIpc) is 3.50. The topological polar surface area (TPSA) is 131 Å². The van der Waals surface area contributed by atoms with Crippen LogP contribution in [0.25, 0.3) is 11.0 Å². The third-order valence-corrected chi connectivity index (χ3v) is 6.31. The molecular weight excluding hydrogens is 434 g/mol. The van der Waals surface area contributed by atoms with Crippen molar-refractivity contribution < 1.29 is 19.5 Å². The molecule has 178 valence electrons. The van der Waals surface area contributed by atoms with Crippen molar-refractivity contribution in [3.8, 4) is 0 Å². The van der Waals surface area contributed by atoms with Crippen molar-refractivity contribution in [2.75, 3.05) is 26.0 Å². The standard InChI is InChI=1S/C25H29N5O4/c1-29(2)22(32)18-9-6-10-19-20(18)30(25(12-13-25)11-3-4-14-26)24(27-19)28-21(31)16-7-5-8-17(15-16)23(33)34/h5-10,15H,3-4,11-14,26H2,1-2H3,(H,33,34)(H,27,28,31). The van der Waals surface area contributed by atoms with Gasteiger partial charge in [-0.25, -0.2) is 9.78 Å². The Morgan fingerprint density at radius 2 is 1.82 bits per heavy atom. The lowest BCUT2D eigenvalue weighted by Gasteiger charge is -2.23. The molecule has 1 heterocycles. The van der Waals surface area contributed by atoms with E-state index in [1.54, 1.807) is 32.3 Å². The molecule has 34 heavy (non-hydrogen) atoms. The number of aromatic nitrogens is 2. The van der Waals surface area contributed by atoms with Crippen LogP contribution >= 0.6 is 0 Å². The monoisotopic (exact) mass is 463 g/mol. The number of carboxylic acid groups (broad SMARTS) is 1. The van der Waals surface area contributed by atoms with Crippen molar-refractivity contribution in [1.29, 1.82) is 0 Å².